The van der Waals surface area contributed by atoms with Crippen LogP contribution in [-0.2, 0) is 24.5 Å². The highest BCUT2D eigenvalue weighted by Crippen LogP contribution is 2.62. The van der Waals surface area contributed by atoms with Crippen LogP contribution in [-0.4, -0.2) is 56.7 Å². The van der Waals surface area contributed by atoms with Gasteiger partial charge in [-0.3, -0.25) is 9.59 Å². The Morgan fingerprint density at radius 1 is 0.761 bits per heavy atom. The SMILES string of the molecule is CCCC12CCC(CCC3(C)C(CC)CCC(CC1)CC3(C)c1ccc3nc(C(NC(=O)C(C)(C)OCC)C(C)(C)C)[nH]c3c1)CC(C)C2c1ccc2nc(C(NC(=O)C(C)OCC)C(C)(C)C)[nH]c2c1. The highest BCUT2D eigenvalue weighted by Gasteiger charge is 2.54. The third-order valence-corrected chi connectivity index (χ3v) is 18.8. The van der Waals surface area contributed by atoms with Gasteiger partial charge >= 0.3 is 0 Å². The average molecular weight is 977 g/mol. The van der Waals surface area contributed by atoms with E-state index < -0.39 is 11.7 Å². The minimum absolute atomic E-state index is 0.0431. The zero-order valence-corrected chi connectivity index (χ0v) is 47.2. The molecule has 11 unspecified atom stereocenters. The van der Waals surface area contributed by atoms with Crippen molar-refractivity contribution >= 4 is 33.9 Å². The number of carbonyl (C=O) groups is 2. The summed E-state index contributed by atoms with van der Waals surface area (Å²) in [5.41, 5.74) is 5.67. The van der Waals surface area contributed by atoms with E-state index in [4.69, 9.17) is 19.4 Å². The van der Waals surface area contributed by atoms with Gasteiger partial charge < -0.3 is 30.1 Å². The van der Waals surface area contributed by atoms with Crippen molar-refractivity contribution < 1.29 is 19.1 Å². The van der Waals surface area contributed by atoms with Crippen LogP contribution in [0.2, 0.25) is 0 Å². The fraction of sp³-hybridized carbons (Fsp3) is 0.738. The number of carbonyl (C=O) groups excluding carboxylic acids is 2. The molecule has 394 valence electrons. The molecule has 11 atom stereocenters. The van der Waals surface area contributed by atoms with Gasteiger partial charge in [-0.15, -0.1) is 0 Å². The fourth-order valence-electron chi connectivity index (χ4n) is 14.7. The predicted octanol–water partition coefficient (Wildman–Crippen LogP) is 14.8. The number of benzene rings is 2. The first-order valence-corrected chi connectivity index (χ1v) is 28.2. The van der Waals surface area contributed by atoms with Crippen molar-refractivity contribution in [1.29, 1.82) is 0 Å². The molecule has 2 aromatic carbocycles. The molecule has 0 spiro atoms. The molecule has 0 saturated heterocycles. The van der Waals surface area contributed by atoms with Gasteiger partial charge in [0.1, 0.15) is 23.4 Å². The molecule has 3 aliphatic rings. The van der Waals surface area contributed by atoms with Gasteiger partial charge in [-0.2, -0.15) is 0 Å². The van der Waals surface area contributed by atoms with Crippen LogP contribution in [0.4, 0.5) is 0 Å². The molecule has 7 rings (SSSR count). The second-order valence-corrected chi connectivity index (χ2v) is 26.2. The van der Waals surface area contributed by atoms with Crippen molar-refractivity contribution in [1.82, 2.24) is 30.6 Å². The van der Waals surface area contributed by atoms with E-state index in [1.807, 2.05) is 34.6 Å². The predicted molar refractivity (Wildman–Crippen MR) is 291 cm³/mol. The summed E-state index contributed by atoms with van der Waals surface area (Å²) in [6.07, 6.45) is 15.7. The minimum Gasteiger partial charge on any atom is -0.369 e. The molecule has 10 nitrogen and oxygen atoms in total. The maximum Gasteiger partial charge on any atom is 0.252 e. The first-order valence-electron chi connectivity index (χ1n) is 28.2. The highest BCUT2D eigenvalue weighted by molar-refractivity contribution is 5.85. The van der Waals surface area contributed by atoms with Crippen LogP contribution in [0.15, 0.2) is 36.4 Å². The van der Waals surface area contributed by atoms with Crippen LogP contribution in [0.25, 0.3) is 22.1 Å². The minimum atomic E-state index is -0.947. The standard InChI is InChI=1S/C61H96N6O4/c1-17-30-61-32-28-40(34-38(5)49(61)42-22-25-45-47(35-42)64-52(62-45)50(56(7,8)9)66-54(68)39(6)70-19-3)27-31-59(15)43(18-2)23-21-41(29-33-61)37-60(59,16)44-24-26-46-48(36-44)65-53(63-46)51(57(10,11)12)67-55(69)58(13,14)71-20-4/h22,24-26,35-36,38-41,43,49-51H,17-21,23,27-34,37H2,1-16H3,(H,62,64)(H,63,65)(H,66,68)(H,67,69). The maximum atomic E-state index is 13.7. The van der Waals surface area contributed by atoms with E-state index in [0.717, 1.165) is 33.7 Å². The second-order valence-electron chi connectivity index (χ2n) is 26.2. The third kappa shape index (κ3) is 11.2. The number of aromatic amines is 2. The van der Waals surface area contributed by atoms with Crippen molar-refractivity contribution in [2.75, 3.05) is 13.2 Å². The molecule has 0 radical (unpaired) electrons. The van der Waals surface area contributed by atoms with E-state index >= 15 is 0 Å². The number of nitrogens with one attached hydrogen (secondary N) is 4. The van der Waals surface area contributed by atoms with Crippen molar-refractivity contribution in [3.63, 3.8) is 0 Å². The monoisotopic (exact) mass is 977 g/mol. The molecule has 2 amide bonds. The highest BCUT2D eigenvalue weighted by atomic mass is 16.5. The summed E-state index contributed by atoms with van der Waals surface area (Å²) < 4.78 is 11.5. The summed E-state index contributed by atoms with van der Waals surface area (Å²) in [5, 5.41) is 6.62. The van der Waals surface area contributed by atoms with Crippen LogP contribution in [0.1, 0.15) is 235 Å². The number of nitrogens with zero attached hydrogens (tertiary/aromatic N) is 2. The lowest BCUT2D eigenvalue weighted by atomic mass is 9.52. The summed E-state index contributed by atoms with van der Waals surface area (Å²) in [7, 11) is 0. The Labute approximate surface area is 428 Å². The number of imidazole rings is 2. The molecule has 10 heteroatoms. The fourth-order valence-corrected chi connectivity index (χ4v) is 14.7. The van der Waals surface area contributed by atoms with Gasteiger partial charge in [-0.05, 0) is 191 Å². The van der Waals surface area contributed by atoms with Gasteiger partial charge in [-0.1, -0.05) is 108 Å². The number of rotatable bonds is 15. The number of fused-ring (bicyclic) bond motifs is 8. The van der Waals surface area contributed by atoms with Gasteiger partial charge in [0.15, 0.2) is 0 Å². The van der Waals surface area contributed by atoms with E-state index in [1.54, 1.807) is 0 Å². The van der Waals surface area contributed by atoms with Gasteiger partial charge in [-0.25, -0.2) is 9.97 Å². The van der Waals surface area contributed by atoms with Crippen LogP contribution >= 0.6 is 0 Å². The van der Waals surface area contributed by atoms with Crippen LogP contribution in [0, 0.1) is 45.3 Å². The Bertz CT molecular complexity index is 2460. The lowest BCUT2D eigenvalue weighted by Gasteiger charge is -2.52. The van der Waals surface area contributed by atoms with E-state index in [9.17, 15) is 9.59 Å². The molecule has 71 heavy (non-hydrogen) atoms. The van der Waals surface area contributed by atoms with E-state index in [0.29, 0.717) is 42.8 Å². The normalized spacial score (nSPS) is 29.2. The molecule has 2 aromatic heterocycles. The average Bonchev–Trinajstić information content (AvgIpc) is 3.86. The van der Waals surface area contributed by atoms with E-state index in [2.05, 4.69) is 133 Å². The van der Waals surface area contributed by atoms with Crippen molar-refractivity contribution in [3.8, 4) is 0 Å². The van der Waals surface area contributed by atoms with E-state index in [-0.39, 0.29) is 51.0 Å². The zero-order chi connectivity index (χ0) is 51.9. The van der Waals surface area contributed by atoms with Crippen molar-refractivity contribution in [3.05, 3.63) is 59.2 Å². The molecule has 3 aliphatic carbocycles. The number of aromatic nitrogens is 4. The molecular weight excluding hydrogens is 881 g/mol. The summed E-state index contributed by atoms with van der Waals surface area (Å²) >= 11 is 0. The topological polar surface area (TPSA) is 134 Å². The number of hydrogen-bond acceptors (Lipinski definition) is 6. The molecular formula is C61H96N6O4. The number of ether oxygens (including phenoxy) is 2. The van der Waals surface area contributed by atoms with Crippen LogP contribution < -0.4 is 10.6 Å². The Morgan fingerprint density at radius 3 is 1.94 bits per heavy atom. The van der Waals surface area contributed by atoms with Crippen LogP contribution in [0.5, 0.6) is 0 Å². The maximum absolute atomic E-state index is 13.7. The van der Waals surface area contributed by atoms with Gasteiger partial charge in [0.05, 0.1) is 34.2 Å². The van der Waals surface area contributed by atoms with Crippen molar-refractivity contribution in [2.45, 2.75) is 229 Å². The first kappa shape index (κ1) is 55.0. The number of H-pyrrole nitrogens is 2. The summed E-state index contributed by atoms with van der Waals surface area (Å²) in [6, 6.07) is 13.6. The number of hydrogen-bond donors (Lipinski definition) is 4. The Morgan fingerprint density at radius 2 is 1.35 bits per heavy atom. The smallest absolute Gasteiger partial charge is 0.252 e. The first-order chi connectivity index (χ1) is 33.3. The molecule has 3 fully saturated rings. The summed E-state index contributed by atoms with van der Waals surface area (Å²) in [6.45, 7) is 36.1. The van der Waals surface area contributed by atoms with Gasteiger partial charge in [0, 0.05) is 13.2 Å². The molecule has 3 saturated carbocycles. The van der Waals surface area contributed by atoms with Gasteiger partial charge in [0.25, 0.3) is 5.91 Å². The largest absolute Gasteiger partial charge is 0.369 e. The lowest BCUT2D eigenvalue weighted by Crippen LogP contribution is -2.48. The lowest BCUT2D eigenvalue weighted by molar-refractivity contribution is -0.144. The quantitative estimate of drug-likeness (QED) is 0.0937. The molecule has 2 heterocycles. The van der Waals surface area contributed by atoms with E-state index in [1.165, 1.54) is 94.6 Å². The molecule has 4 aromatic rings. The Balaban J connectivity index is 1.25. The summed E-state index contributed by atoms with van der Waals surface area (Å²) in [4.78, 5) is 44.8. The third-order valence-electron chi connectivity index (χ3n) is 18.8. The molecule has 4 bridgehead atoms. The summed E-state index contributed by atoms with van der Waals surface area (Å²) in [5.74, 6) is 4.27. The van der Waals surface area contributed by atoms with Crippen molar-refractivity contribution in [2.24, 2.45) is 45.3 Å². The molecule has 0 aliphatic heterocycles. The molecule has 4 N–H and O–H groups in total. The Hall–Kier alpha value is -3.76. The second kappa shape index (κ2) is 21.2. The zero-order valence-electron chi connectivity index (χ0n) is 47.2. The van der Waals surface area contributed by atoms with Gasteiger partial charge in [0.2, 0.25) is 5.91 Å². The Kier molecular flexibility index (Phi) is 16.4. The van der Waals surface area contributed by atoms with Crippen LogP contribution in [0.3, 0.4) is 0 Å². The number of amides is 2.